The first-order chi connectivity index (χ1) is 8.27. The van der Waals surface area contributed by atoms with Crippen LogP contribution in [0.25, 0.3) is 0 Å². The van der Waals surface area contributed by atoms with E-state index < -0.39 is 0 Å². The normalized spacial score (nSPS) is 15.5. The third kappa shape index (κ3) is 3.06. The molecule has 17 heavy (non-hydrogen) atoms. The van der Waals surface area contributed by atoms with Crippen molar-refractivity contribution in [1.29, 1.82) is 0 Å². The number of carbonyl (C=O) groups is 1. The van der Waals surface area contributed by atoms with Crippen LogP contribution in [0.4, 0.5) is 5.69 Å². The molecule has 0 unspecified atom stereocenters. The fourth-order valence-corrected chi connectivity index (χ4v) is 1.74. The largest absolute Gasteiger partial charge is 0.366 e. The highest BCUT2D eigenvalue weighted by molar-refractivity contribution is 6.42. The average Bonchev–Trinajstić information content (AvgIpc) is 2.61. The molecule has 1 amide bonds. The lowest BCUT2D eigenvalue weighted by Gasteiger charge is -2.10. The van der Waals surface area contributed by atoms with Gasteiger partial charge in [0, 0.05) is 18.8 Å². The Morgan fingerprint density at radius 1 is 1.35 bits per heavy atom. The molecule has 0 aromatic heterocycles. The van der Waals surface area contributed by atoms with Crippen molar-refractivity contribution < 1.29 is 4.79 Å². The maximum Gasteiger partial charge on any atom is 0.290 e. The summed E-state index contributed by atoms with van der Waals surface area (Å²) in [5, 5.41) is 5.93. The molecule has 1 heterocycles. The fourth-order valence-electron chi connectivity index (χ4n) is 1.74. The first-order valence-electron chi connectivity index (χ1n) is 5.92. The Morgan fingerprint density at radius 3 is 3.00 bits per heavy atom. The summed E-state index contributed by atoms with van der Waals surface area (Å²) in [7, 11) is 0. The van der Waals surface area contributed by atoms with E-state index in [0.29, 0.717) is 5.84 Å². The SMILES string of the molecule is Cc1ccccc1NC(=O)C1=NCCCCN1. The van der Waals surface area contributed by atoms with E-state index in [0.717, 1.165) is 37.2 Å². The summed E-state index contributed by atoms with van der Waals surface area (Å²) < 4.78 is 0. The number of para-hydroxylation sites is 1. The number of nitrogens with one attached hydrogen (secondary N) is 2. The van der Waals surface area contributed by atoms with Crippen LogP contribution in [-0.4, -0.2) is 24.8 Å². The van der Waals surface area contributed by atoms with Crippen LogP contribution in [0.5, 0.6) is 0 Å². The van der Waals surface area contributed by atoms with Gasteiger partial charge in [-0.15, -0.1) is 0 Å². The molecule has 4 nitrogen and oxygen atoms in total. The molecule has 0 spiro atoms. The van der Waals surface area contributed by atoms with E-state index >= 15 is 0 Å². The van der Waals surface area contributed by atoms with Crippen LogP contribution in [0.2, 0.25) is 0 Å². The van der Waals surface area contributed by atoms with Gasteiger partial charge in [-0.3, -0.25) is 9.79 Å². The molecule has 2 rings (SSSR count). The number of benzene rings is 1. The van der Waals surface area contributed by atoms with Gasteiger partial charge in [-0.1, -0.05) is 18.2 Å². The van der Waals surface area contributed by atoms with Crippen molar-refractivity contribution in [2.45, 2.75) is 19.8 Å². The molecule has 1 aromatic carbocycles. The summed E-state index contributed by atoms with van der Waals surface area (Å²) in [6.45, 7) is 3.52. The number of amides is 1. The molecule has 1 aliphatic heterocycles. The van der Waals surface area contributed by atoms with E-state index in [2.05, 4.69) is 15.6 Å². The van der Waals surface area contributed by atoms with E-state index in [1.165, 1.54) is 0 Å². The van der Waals surface area contributed by atoms with E-state index in [-0.39, 0.29) is 5.91 Å². The van der Waals surface area contributed by atoms with Gasteiger partial charge in [0.05, 0.1) is 0 Å². The lowest BCUT2D eigenvalue weighted by molar-refractivity contribution is -0.110. The number of anilines is 1. The molecule has 1 aromatic rings. The predicted octanol–water partition coefficient (Wildman–Crippen LogP) is 1.72. The van der Waals surface area contributed by atoms with Crippen molar-refractivity contribution >= 4 is 17.4 Å². The monoisotopic (exact) mass is 231 g/mol. The van der Waals surface area contributed by atoms with Gasteiger partial charge in [-0.05, 0) is 31.4 Å². The average molecular weight is 231 g/mol. The molecule has 0 bridgehead atoms. The van der Waals surface area contributed by atoms with Crippen molar-refractivity contribution in [3.8, 4) is 0 Å². The Bertz CT molecular complexity index is 440. The molecule has 0 atom stereocenters. The molecule has 0 saturated heterocycles. The molecular formula is C13H17N3O. The molecular weight excluding hydrogens is 214 g/mol. The Balaban J connectivity index is 2.06. The third-order valence-electron chi connectivity index (χ3n) is 2.76. The number of aryl methyl sites for hydroxylation is 1. The van der Waals surface area contributed by atoms with Crippen LogP contribution in [-0.2, 0) is 4.79 Å². The fraction of sp³-hybridized carbons (Fsp3) is 0.385. The maximum absolute atomic E-state index is 12.0. The highest BCUT2D eigenvalue weighted by Gasteiger charge is 2.13. The number of nitrogens with zero attached hydrogens (tertiary/aromatic N) is 1. The van der Waals surface area contributed by atoms with Crippen molar-refractivity contribution in [3.05, 3.63) is 29.8 Å². The Kier molecular flexibility index (Phi) is 3.75. The maximum atomic E-state index is 12.0. The lowest BCUT2D eigenvalue weighted by Crippen LogP contribution is -2.35. The van der Waals surface area contributed by atoms with Crippen LogP contribution < -0.4 is 10.6 Å². The van der Waals surface area contributed by atoms with Gasteiger partial charge in [0.15, 0.2) is 5.84 Å². The van der Waals surface area contributed by atoms with Crippen LogP contribution >= 0.6 is 0 Å². The summed E-state index contributed by atoms with van der Waals surface area (Å²) in [5.74, 6) is 0.298. The predicted molar refractivity (Wildman–Crippen MR) is 69.3 cm³/mol. The summed E-state index contributed by atoms with van der Waals surface area (Å²) in [5.41, 5.74) is 1.89. The van der Waals surface area contributed by atoms with E-state index in [1.54, 1.807) is 0 Å². The number of carbonyl (C=O) groups excluding carboxylic acids is 1. The number of rotatable bonds is 2. The second kappa shape index (κ2) is 5.48. The highest BCUT2D eigenvalue weighted by atomic mass is 16.2. The molecule has 0 aliphatic carbocycles. The van der Waals surface area contributed by atoms with Crippen LogP contribution in [0.1, 0.15) is 18.4 Å². The van der Waals surface area contributed by atoms with Crippen molar-refractivity contribution in [2.75, 3.05) is 18.4 Å². The number of hydrogen-bond acceptors (Lipinski definition) is 3. The second-order valence-electron chi connectivity index (χ2n) is 4.13. The highest BCUT2D eigenvalue weighted by Crippen LogP contribution is 2.12. The zero-order valence-electron chi connectivity index (χ0n) is 9.99. The van der Waals surface area contributed by atoms with E-state index in [9.17, 15) is 4.79 Å². The van der Waals surface area contributed by atoms with E-state index in [4.69, 9.17) is 0 Å². The van der Waals surface area contributed by atoms with Crippen molar-refractivity contribution in [1.82, 2.24) is 5.32 Å². The topological polar surface area (TPSA) is 53.5 Å². The molecule has 0 radical (unpaired) electrons. The minimum atomic E-state index is -0.152. The standard InChI is InChI=1S/C13H17N3O/c1-10-6-2-3-7-11(10)16-13(17)12-14-8-4-5-9-15-12/h2-3,6-7H,4-5,8-9H2,1H3,(H,14,15)(H,16,17). The number of amidine groups is 1. The minimum Gasteiger partial charge on any atom is -0.366 e. The summed E-state index contributed by atoms with van der Waals surface area (Å²) in [6.07, 6.45) is 2.10. The quantitative estimate of drug-likeness (QED) is 0.814. The minimum absolute atomic E-state index is 0.152. The summed E-state index contributed by atoms with van der Waals surface area (Å²) in [4.78, 5) is 16.2. The Hall–Kier alpha value is -1.84. The second-order valence-corrected chi connectivity index (χ2v) is 4.13. The van der Waals surface area contributed by atoms with Gasteiger partial charge in [0.2, 0.25) is 0 Å². The number of aliphatic imine (C=N–C) groups is 1. The molecule has 2 N–H and O–H groups in total. The van der Waals surface area contributed by atoms with Gasteiger partial charge in [-0.2, -0.15) is 0 Å². The van der Waals surface area contributed by atoms with Crippen LogP contribution in [0.3, 0.4) is 0 Å². The molecule has 1 aliphatic rings. The molecule has 4 heteroatoms. The van der Waals surface area contributed by atoms with Gasteiger partial charge >= 0.3 is 0 Å². The molecule has 0 saturated carbocycles. The first-order valence-corrected chi connectivity index (χ1v) is 5.92. The van der Waals surface area contributed by atoms with Crippen LogP contribution in [0.15, 0.2) is 29.3 Å². The Labute approximate surface area is 101 Å². The van der Waals surface area contributed by atoms with E-state index in [1.807, 2.05) is 31.2 Å². The van der Waals surface area contributed by atoms with Gasteiger partial charge < -0.3 is 10.6 Å². The zero-order chi connectivity index (χ0) is 12.1. The van der Waals surface area contributed by atoms with Crippen molar-refractivity contribution in [3.63, 3.8) is 0 Å². The van der Waals surface area contributed by atoms with Gasteiger partial charge in [0.1, 0.15) is 0 Å². The third-order valence-corrected chi connectivity index (χ3v) is 2.76. The molecule has 90 valence electrons. The smallest absolute Gasteiger partial charge is 0.290 e. The first kappa shape index (κ1) is 11.6. The van der Waals surface area contributed by atoms with Gasteiger partial charge in [0.25, 0.3) is 5.91 Å². The zero-order valence-corrected chi connectivity index (χ0v) is 9.99. The summed E-state index contributed by atoms with van der Waals surface area (Å²) in [6, 6.07) is 7.72. The van der Waals surface area contributed by atoms with Crippen molar-refractivity contribution in [2.24, 2.45) is 4.99 Å². The number of hydrogen-bond donors (Lipinski definition) is 2. The lowest BCUT2D eigenvalue weighted by atomic mass is 10.2. The Morgan fingerprint density at radius 2 is 2.18 bits per heavy atom. The van der Waals surface area contributed by atoms with Crippen LogP contribution in [0, 0.1) is 6.92 Å². The van der Waals surface area contributed by atoms with Gasteiger partial charge in [-0.25, -0.2) is 0 Å². The summed E-state index contributed by atoms with van der Waals surface area (Å²) >= 11 is 0. The molecule has 0 fully saturated rings.